The lowest BCUT2D eigenvalue weighted by molar-refractivity contribution is -0.139. The summed E-state index contributed by atoms with van der Waals surface area (Å²) < 4.78 is 0. The van der Waals surface area contributed by atoms with E-state index in [-0.39, 0.29) is 6.04 Å². The molecular weight excluding hydrogens is 238 g/mol. The summed E-state index contributed by atoms with van der Waals surface area (Å²) in [6, 6.07) is 0.0238. The monoisotopic (exact) mass is 267 g/mol. The molecule has 0 aliphatic carbocycles. The van der Waals surface area contributed by atoms with Crippen LogP contribution in [0.1, 0.15) is 33.1 Å². The average molecular weight is 267 g/mol. The molecule has 1 spiro atoms. The Balaban J connectivity index is 1.94. The molecule has 2 heterocycles. The van der Waals surface area contributed by atoms with Crippen molar-refractivity contribution in [2.75, 3.05) is 40.3 Å². The van der Waals surface area contributed by atoms with E-state index in [0.717, 1.165) is 26.2 Å². The van der Waals surface area contributed by atoms with E-state index >= 15 is 0 Å². The van der Waals surface area contributed by atoms with Crippen LogP contribution in [-0.2, 0) is 4.79 Å². The molecule has 0 aromatic heterocycles. The molecule has 4 nitrogen and oxygen atoms in total. The van der Waals surface area contributed by atoms with Crippen molar-refractivity contribution in [2.24, 2.45) is 11.3 Å². The van der Waals surface area contributed by atoms with Crippen LogP contribution < -0.4 is 5.32 Å². The Labute approximate surface area is 117 Å². The zero-order chi connectivity index (χ0) is 14.0. The van der Waals surface area contributed by atoms with Crippen molar-refractivity contribution < 1.29 is 4.79 Å². The standard InChI is InChI=1S/C15H29N3O/c1-12(2)13(17(3)4)14(19)18-9-6-15(7-10-18)5-8-16-11-15/h12-13,16H,5-11H2,1-4H3/t13-/m1/s1. The Morgan fingerprint density at radius 1 is 1.21 bits per heavy atom. The molecule has 0 unspecified atom stereocenters. The maximum atomic E-state index is 12.7. The highest BCUT2D eigenvalue weighted by Crippen LogP contribution is 2.37. The number of carbonyl (C=O) groups is 1. The van der Waals surface area contributed by atoms with E-state index in [9.17, 15) is 4.79 Å². The Morgan fingerprint density at radius 3 is 2.26 bits per heavy atom. The number of hydrogen-bond donors (Lipinski definition) is 1. The molecule has 2 fully saturated rings. The average Bonchev–Trinajstić information content (AvgIpc) is 2.77. The molecule has 1 N–H and O–H groups in total. The Morgan fingerprint density at radius 2 is 1.84 bits per heavy atom. The van der Waals surface area contributed by atoms with Crippen LogP contribution in [0.3, 0.4) is 0 Å². The lowest BCUT2D eigenvalue weighted by Gasteiger charge is -2.41. The molecule has 2 aliphatic rings. The first kappa shape index (κ1) is 14.8. The van der Waals surface area contributed by atoms with Gasteiger partial charge in [0.2, 0.25) is 5.91 Å². The molecule has 0 aromatic carbocycles. The van der Waals surface area contributed by atoms with Crippen LogP contribution in [0.2, 0.25) is 0 Å². The third kappa shape index (κ3) is 3.11. The van der Waals surface area contributed by atoms with Crippen molar-refractivity contribution in [3.05, 3.63) is 0 Å². The van der Waals surface area contributed by atoms with Crippen LogP contribution in [0.5, 0.6) is 0 Å². The van der Waals surface area contributed by atoms with Gasteiger partial charge in [-0.1, -0.05) is 13.8 Å². The quantitative estimate of drug-likeness (QED) is 0.834. The number of likely N-dealkylation sites (tertiary alicyclic amines) is 1. The lowest BCUT2D eigenvalue weighted by Crippen LogP contribution is -2.52. The number of carbonyl (C=O) groups excluding carboxylic acids is 1. The molecule has 2 saturated heterocycles. The maximum Gasteiger partial charge on any atom is 0.240 e. The van der Waals surface area contributed by atoms with Crippen LogP contribution in [0.25, 0.3) is 0 Å². The fourth-order valence-corrected chi connectivity index (χ4v) is 3.71. The Hall–Kier alpha value is -0.610. The van der Waals surface area contributed by atoms with Crippen molar-refractivity contribution in [3.8, 4) is 0 Å². The first-order chi connectivity index (χ1) is 8.95. The minimum atomic E-state index is 0.0238. The van der Waals surface area contributed by atoms with Gasteiger partial charge >= 0.3 is 0 Å². The van der Waals surface area contributed by atoms with Crippen LogP contribution in [0, 0.1) is 11.3 Å². The van der Waals surface area contributed by atoms with E-state index in [0.29, 0.717) is 17.2 Å². The minimum absolute atomic E-state index is 0.0238. The molecule has 1 atom stereocenters. The molecule has 110 valence electrons. The molecule has 0 radical (unpaired) electrons. The summed E-state index contributed by atoms with van der Waals surface area (Å²) in [4.78, 5) is 16.8. The number of amides is 1. The van der Waals surface area contributed by atoms with Gasteiger partial charge in [0.15, 0.2) is 0 Å². The number of piperidine rings is 1. The van der Waals surface area contributed by atoms with Gasteiger partial charge in [-0.3, -0.25) is 9.69 Å². The summed E-state index contributed by atoms with van der Waals surface area (Å²) >= 11 is 0. The van der Waals surface area contributed by atoms with Crippen molar-refractivity contribution in [2.45, 2.75) is 39.2 Å². The molecule has 2 aliphatic heterocycles. The molecule has 4 heteroatoms. The summed E-state index contributed by atoms with van der Waals surface area (Å²) in [5.41, 5.74) is 0.488. The normalized spacial score (nSPS) is 24.4. The third-order valence-electron chi connectivity index (χ3n) is 4.91. The van der Waals surface area contributed by atoms with Gasteiger partial charge in [0.1, 0.15) is 0 Å². The first-order valence-electron chi connectivity index (χ1n) is 7.61. The number of rotatable bonds is 3. The van der Waals surface area contributed by atoms with Gasteiger partial charge in [0, 0.05) is 19.6 Å². The predicted molar refractivity (Wildman–Crippen MR) is 78.0 cm³/mol. The topological polar surface area (TPSA) is 35.6 Å². The van der Waals surface area contributed by atoms with E-state index < -0.39 is 0 Å². The van der Waals surface area contributed by atoms with E-state index in [1.807, 2.05) is 14.1 Å². The summed E-state index contributed by atoms with van der Waals surface area (Å²) in [5, 5.41) is 3.47. The lowest BCUT2D eigenvalue weighted by atomic mass is 9.77. The van der Waals surface area contributed by atoms with Crippen LogP contribution in [0.15, 0.2) is 0 Å². The van der Waals surface area contributed by atoms with Crippen molar-refractivity contribution >= 4 is 5.91 Å². The van der Waals surface area contributed by atoms with Gasteiger partial charge in [0.25, 0.3) is 0 Å². The second kappa shape index (κ2) is 5.80. The van der Waals surface area contributed by atoms with Gasteiger partial charge in [-0.25, -0.2) is 0 Å². The van der Waals surface area contributed by atoms with Gasteiger partial charge < -0.3 is 10.2 Å². The summed E-state index contributed by atoms with van der Waals surface area (Å²) in [6.07, 6.45) is 3.63. The fourth-order valence-electron chi connectivity index (χ4n) is 3.71. The van der Waals surface area contributed by atoms with Crippen LogP contribution in [-0.4, -0.2) is 62.0 Å². The van der Waals surface area contributed by atoms with Gasteiger partial charge in [0.05, 0.1) is 6.04 Å². The number of nitrogens with one attached hydrogen (secondary N) is 1. The Bertz CT molecular complexity index is 303. The highest BCUT2D eigenvalue weighted by molar-refractivity contribution is 5.82. The second-order valence-electron chi connectivity index (χ2n) is 6.90. The Kier molecular flexibility index (Phi) is 4.51. The second-order valence-corrected chi connectivity index (χ2v) is 6.90. The van der Waals surface area contributed by atoms with Gasteiger partial charge in [-0.15, -0.1) is 0 Å². The molecule has 0 aromatic rings. The largest absolute Gasteiger partial charge is 0.341 e. The fraction of sp³-hybridized carbons (Fsp3) is 0.933. The van der Waals surface area contributed by atoms with Crippen LogP contribution in [0.4, 0.5) is 0 Å². The number of nitrogens with zero attached hydrogens (tertiary/aromatic N) is 2. The summed E-state index contributed by atoms with van der Waals surface area (Å²) in [7, 11) is 4.02. The van der Waals surface area contributed by atoms with Gasteiger partial charge in [-0.05, 0) is 51.2 Å². The number of hydrogen-bond acceptors (Lipinski definition) is 3. The minimum Gasteiger partial charge on any atom is -0.341 e. The van der Waals surface area contributed by atoms with Gasteiger partial charge in [-0.2, -0.15) is 0 Å². The van der Waals surface area contributed by atoms with E-state index in [2.05, 4.69) is 29.0 Å². The predicted octanol–water partition coefficient (Wildman–Crippen LogP) is 1.17. The maximum absolute atomic E-state index is 12.7. The van der Waals surface area contributed by atoms with E-state index in [1.54, 1.807) is 0 Å². The van der Waals surface area contributed by atoms with Crippen LogP contribution >= 0.6 is 0 Å². The summed E-state index contributed by atoms with van der Waals surface area (Å²) in [5.74, 6) is 0.687. The first-order valence-corrected chi connectivity index (χ1v) is 7.61. The number of likely N-dealkylation sites (N-methyl/N-ethyl adjacent to an activating group) is 1. The van der Waals surface area contributed by atoms with Crippen molar-refractivity contribution in [1.29, 1.82) is 0 Å². The highest BCUT2D eigenvalue weighted by Gasteiger charge is 2.39. The van der Waals surface area contributed by atoms with Crippen molar-refractivity contribution in [3.63, 3.8) is 0 Å². The molecule has 2 rings (SSSR count). The molecule has 19 heavy (non-hydrogen) atoms. The highest BCUT2D eigenvalue weighted by atomic mass is 16.2. The summed E-state index contributed by atoms with van der Waals surface area (Å²) in [6.45, 7) is 8.45. The smallest absolute Gasteiger partial charge is 0.240 e. The van der Waals surface area contributed by atoms with Crippen molar-refractivity contribution in [1.82, 2.24) is 15.1 Å². The molecule has 1 amide bonds. The molecule has 0 bridgehead atoms. The third-order valence-corrected chi connectivity index (χ3v) is 4.91. The zero-order valence-electron chi connectivity index (χ0n) is 12.9. The zero-order valence-corrected chi connectivity index (χ0v) is 12.9. The van der Waals surface area contributed by atoms with E-state index in [1.165, 1.54) is 19.3 Å². The molecule has 0 saturated carbocycles. The SMILES string of the molecule is CC(C)[C@H](C(=O)N1CCC2(CCNC2)CC1)N(C)C. The van der Waals surface area contributed by atoms with E-state index in [4.69, 9.17) is 0 Å². The molecular formula is C15H29N3O.